The molecule has 2 amide bonds. The lowest BCUT2D eigenvalue weighted by Crippen LogP contribution is -2.33. The van der Waals surface area contributed by atoms with Gasteiger partial charge in [0.25, 0.3) is 0 Å². The lowest BCUT2D eigenvalue weighted by atomic mass is 9.85. The SMILES string of the molecule is Cc1cccc(N2C(=O)[C@H]3[C@H](C2=O)[C@H]2C=C[C@H]3C2=C2CCCCC2)c1. The molecule has 5 rings (SSSR count). The van der Waals surface area contributed by atoms with Crippen LogP contribution in [0.15, 0.2) is 47.6 Å². The lowest BCUT2D eigenvalue weighted by molar-refractivity contribution is -0.122. The van der Waals surface area contributed by atoms with E-state index in [9.17, 15) is 9.59 Å². The largest absolute Gasteiger partial charge is 0.274 e. The molecule has 0 unspecified atom stereocenters. The Bertz CT molecular complexity index is 792. The summed E-state index contributed by atoms with van der Waals surface area (Å²) in [4.78, 5) is 27.8. The number of benzene rings is 1. The second-order valence-corrected chi connectivity index (χ2v) is 7.96. The molecule has 0 N–H and O–H groups in total. The van der Waals surface area contributed by atoms with Gasteiger partial charge in [-0.15, -0.1) is 0 Å². The van der Waals surface area contributed by atoms with Crippen LogP contribution in [0.2, 0.25) is 0 Å². The van der Waals surface area contributed by atoms with Crippen molar-refractivity contribution >= 4 is 17.5 Å². The van der Waals surface area contributed by atoms with Gasteiger partial charge in [0.1, 0.15) is 0 Å². The maximum atomic E-state index is 13.2. The Morgan fingerprint density at radius 1 is 0.920 bits per heavy atom. The molecule has 2 bridgehead atoms. The predicted molar refractivity (Wildman–Crippen MR) is 96.9 cm³/mol. The molecule has 1 aromatic carbocycles. The number of imide groups is 1. The van der Waals surface area contributed by atoms with Gasteiger partial charge in [0.15, 0.2) is 0 Å². The second-order valence-electron chi connectivity index (χ2n) is 7.96. The van der Waals surface area contributed by atoms with Gasteiger partial charge in [0.2, 0.25) is 11.8 Å². The smallest absolute Gasteiger partial charge is 0.238 e. The number of hydrogen-bond acceptors (Lipinski definition) is 2. The van der Waals surface area contributed by atoms with Crippen LogP contribution >= 0.6 is 0 Å². The molecule has 4 aliphatic rings. The Morgan fingerprint density at radius 2 is 1.56 bits per heavy atom. The van der Waals surface area contributed by atoms with E-state index in [0.29, 0.717) is 0 Å². The zero-order chi connectivity index (χ0) is 17.1. The molecule has 1 saturated heterocycles. The number of aryl methyl sites for hydroxylation is 1. The molecule has 1 aromatic rings. The highest BCUT2D eigenvalue weighted by atomic mass is 16.2. The molecule has 2 saturated carbocycles. The number of anilines is 1. The average Bonchev–Trinajstić information content (AvgIpc) is 3.25. The van der Waals surface area contributed by atoms with E-state index in [4.69, 9.17) is 0 Å². The highest BCUT2D eigenvalue weighted by Gasteiger charge is 2.62. The molecule has 128 valence electrons. The summed E-state index contributed by atoms with van der Waals surface area (Å²) in [5.41, 5.74) is 4.78. The van der Waals surface area contributed by atoms with Gasteiger partial charge >= 0.3 is 0 Å². The predicted octanol–water partition coefficient (Wildman–Crippen LogP) is 4.18. The van der Waals surface area contributed by atoms with Gasteiger partial charge < -0.3 is 0 Å². The first-order chi connectivity index (χ1) is 12.2. The van der Waals surface area contributed by atoms with Gasteiger partial charge in [0, 0.05) is 11.8 Å². The van der Waals surface area contributed by atoms with Crippen molar-refractivity contribution in [1.82, 2.24) is 0 Å². The minimum absolute atomic E-state index is 0.00589. The van der Waals surface area contributed by atoms with Crippen molar-refractivity contribution in [2.24, 2.45) is 23.7 Å². The summed E-state index contributed by atoms with van der Waals surface area (Å²) in [6.45, 7) is 1.99. The molecule has 1 aliphatic heterocycles. The molecular formula is C22H23NO2. The van der Waals surface area contributed by atoms with E-state index in [1.165, 1.54) is 29.7 Å². The van der Waals surface area contributed by atoms with Crippen molar-refractivity contribution < 1.29 is 9.59 Å². The number of fused-ring (bicyclic) bond motifs is 5. The van der Waals surface area contributed by atoms with Crippen molar-refractivity contribution in [1.29, 1.82) is 0 Å². The molecular weight excluding hydrogens is 310 g/mol. The number of rotatable bonds is 1. The first-order valence-corrected chi connectivity index (χ1v) is 9.51. The van der Waals surface area contributed by atoms with E-state index in [0.717, 1.165) is 24.1 Å². The van der Waals surface area contributed by atoms with Crippen LogP contribution in [-0.4, -0.2) is 11.8 Å². The number of allylic oxidation sites excluding steroid dienone is 4. The van der Waals surface area contributed by atoms with Gasteiger partial charge in [0.05, 0.1) is 17.5 Å². The standard InChI is InChI=1S/C22H23NO2/c1-13-6-5-9-15(12-13)23-21(24)19-16-10-11-17(20(19)22(23)25)18(16)14-7-3-2-4-8-14/h5-6,9-12,16-17,19-20H,2-4,7-8H2,1H3/t16-,17-,19+,20+/m0/s1. The van der Waals surface area contributed by atoms with Crippen molar-refractivity contribution in [3.63, 3.8) is 0 Å². The van der Waals surface area contributed by atoms with Crippen LogP contribution in [0.5, 0.6) is 0 Å². The fourth-order valence-electron chi connectivity index (χ4n) is 5.52. The molecule has 3 aliphatic carbocycles. The van der Waals surface area contributed by atoms with Crippen LogP contribution in [0, 0.1) is 30.6 Å². The fraction of sp³-hybridized carbons (Fsp3) is 0.455. The summed E-state index contributed by atoms with van der Waals surface area (Å²) in [5.74, 6) is -0.0127. The fourth-order valence-corrected chi connectivity index (χ4v) is 5.52. The van der Waals surface area contributed by atoms with E-state index in [-0.39, 0.29) is 35.5 Å². The monoisotopic (exact) mass is 333 g/mol. The zero-order valence-electron chi connectivity index (χ0n) is 14.6. The zero-order valence-corrected chi connectivity index (χ0v) is 14.6. The Hall–Kier alpha value is -2.16. The summed E-state index contributed by atoms with van der Waals surface area (Å²) >= 11 is 0. The quantitative estimate of drug-likeness (QED) is 0.571. The summed E-state index contributed by atoms with van der Waals surface area (Å²) in [6.07, 6.45) is 10.5. The summed E-state index contributed by atoms with van der Waals surface area (Å²) in [5, 5.41) is 0. The third kappa shape index (κ3) is 2.04. The van der Waals surface area contributed by atoms with Crippen LogP contribution < -0.4 is 4.90 Å². The third-order valence-electron chi connectivity index (χ3n) is 6.54. The lowest BCUT2D eigenvalue weighted by Gasteiger charge is -2.23. The van der Waals surface area contributed by atoms with E-state index in [1.54, 1.807) is 5.57 Å². The Morgan fingerprint density at radius 3 is 2.16 bits per heavy atom. The normalized spacial score (nSPS) is 33.6. The minimum atomic E-state index is -0.174. The maximum absolute atomic E-state index is 13.2. The van der Waals surface area contributed by atoms with Crippen LogP contribution in [0.3, 0.4) is 0 Å². The molecule has 3 fully saturated rings. The Kier molecular flexibility index (Phi) is 3.28. The van der Waals surface area contributed by atoms with E-state index < -0.39 is 0 Å². The van der Waals surface area contributed by atoms with E-state index in [1.807, 2.05) is 31.2 Å². The van der Waals surface area contributed by atoms with Gasteiger partial charge in [-0.05, 0) is 50.3 Å². The van der Waals surface area contributed by atoms with E-state index >= 15 is 0 Å². The second kappa shape index (κ2) is 5.42. The molecule has 3 nitrogen and oxygen atoms in total. The Labute approximate surface area is 148 Å². The van der Waals surface area contributed by atoms with Gasteiger partial charge in [-0.25, -0.2) is 4.90 Å². The summed E-state index contributed by atoms with van der Waals surface area (Å²) < 4.78 is 0. The van der Waals surface area contributed by atoms with Crippen molar-refractivity contribution in [2.75, 3.05) is 4.90 Å². The van der Waals surface area contributed by atoms with Crippen LogP contribution in [0.1, 0.15) is 37.7 Å². The van der Waals surface area contributed by atoms with Gasteiger partial charge in [-0.3, -0.25) is 9.59 Å². The minimum Gasteiger partial charge on any atom is -0.274 e. The molecule has 0 spiro atoms. The van der Waals surface area contributed by atoms with Crippen molar-refractivity contribution in [2.45, 2.75) is 39.0 Å². The number of carbonyl (C=O) groups excluding carboxylic acids is 2. The maximum Gasteiger partial charge on any atom is 0.238 e. The van der Waals surface area contributed by atoms with Crippen LogP contribution in [0.4, 0.5) is 5.69 Å². The molecule has 0 radical (unpaired) electrons. The average molecular weight is 333 g/mol. The first kappa shape index (κ1) is 15.1. The summed E-state index contributed by atoms with van der Waals surface area (Å²) in [6, 6.07) is 7.72. The molecule has 3 heteroatoms. The number of amides is 2. The summed E-state index contributed by atoms with van der Waals surface area (Å²) in [7, 11) is 0. The van der Waals surface area contributed by atoms with Crippen molar-refractivity contribution in [3.05, 3.63) is 53.1 Å². The van der Waals surface area contributed by atoms with Crippen molar-refractivity contribution in [3.8, 4) is 0 Å². The molecule has 25 heavy (non-hydrogen) atoms. The third-order valence-corrected chi connectivity index (χ3v) is 6.54. The van der Waals surface area contributed by atoms with Gasteiger partial charge in [-0.2, -0.15) is 0 Å². The van der Waals surface area contributed by atoms with Crippen LogP contribution in [-0.2, 0) is 9.59 Å². The molecule has 0 aromatic heterocycles. The highest BCUT2D eigenvalue weighted by Crippen LogP contribution is 2.58. The van der Waals surface area contributed by atoms with Crippen LogP contribution in [0.25, 0.3) is 0 Å². The molecule has 1 heterocycles. The van der Waals surface area contributed by atoms with E-state index in [2.05, 4.69) is 12.2 Å². The topological polar surface area (TPSA) is 37.4 Å². The number of nitrogens with zero attached hydrogens (tertiary/aromatic N) is 1. The number of carbonyl (C=O) groups is 2. The Balaban J connectivity index is 1.54. The van der Waals surface area contributed by atoms with Gasteiger partial charge in [-0.1, -0.05) is 41.9 Å². The first-order valence-electron chi connectivity index (χ1n) is 9.51. The number of hydrogen-bond donors (Lipinski definition) is 0. The highest BCUT2D eigenvalue weighted by molar-refractivity contribution is 6.23. The molecule has 4 atom stereocenters.